The number of pyridine rings is 1. The first kappa shape index (κ1) is 13.2. The number of nitrogens with zero attached hydrogens (tertiary/aromatic N) is 1. The normalized spacial score (nSPS) is 10.9. The quantitative estimate of drug-likeness (QED) is 0.872. The summed E-state index contributed by atoms with van der Waals surface area (Å²) in [5, 5.41) is 5.20. The fourth-order valence-electron chi connectivity index (χ4n) is 2.20. The molecule has 0 fully saturated rings. The highest BCUT2D eigenvalue weighted by Gasteiger charge is 2.10. The zero-order valence-corrected chi connectivity index (χ0v) is 11.9. The number of aromatic nitrogens is 1. The van der Waals surface area contributed by atoms with Gasteiger partial charge in [-0.3, -0.25) is 4.98 Å². The molecule has 96 valence electrons. The summed E-state index contributed by atoms with van der Waals surface area (Å²) >= 11 is 6.32. The van der Waals surface area contributed by atoms with Crippen molar-refractivity contribution < 1.29 is 0 Å². The van der Waals surface area contributed by atoms with E-state index in [0.29, 0.717) is 0 Å². The van der Waals surface area contributed by atoms with Gasteiger partial charge in [0.2, 0.25) is 0 Å². The second kappa shape index (κ2) is 5.57. The maximum absolute atomic E-state index is 6.32. The minimum absolute atomic E-state index is 0.766. The third-order valence-corrected chi connectivity index (χ3v) is 3.35. The second-order valence-corrected chi connectivity index (χ2v) is 4.94. The Balaban J connectivity index is 2.72. The lowest BCUT2D eigenvalue weighted by atomic mass is 10.1. The number of aryl methyl sites for hydroxylation is 2. The van der Waals surface area contributed by atoms with Gasteiger partial charge in [0.25, 0.3) is 0 Å². The number of halogens is 1. The molecular formula is C15H19ClN2. The average molecular weight is 263 g/mol. The van der Waals surface area contributed by atoms with Crippen LogP contribution in [0.2, 0.25) is 5.02 Å². The lowest BCUT2D eigenvalue weighted by Gasteiger charge is -2.13. The first-order valence-corrected chi connectivity index (χ1v) is 6.87. The van der Waals surface area contributed by atoms with E-state index in [1.54, 1.807) is 0 Å². The molecule has 2 aromatic rings. The molecule has 1 aromatic carbocycles. The monoisotopic (exact) mass is 262 g/mol. The van der Waals surface area contributed by atoms with Crippen LogP contribution in [0.3, 0.4) is 0 Å². The fourth-order valence-corrected chi connectivity index (χ4v) is 2.45. The largest absolute Gasteiger partial charge is 0.385 e. The number of rotatable bonds is 4. The van der Waals surface area contributed by atoms with Crippen molar-refractivity contribution in [2.24, 2.45) is 0 Å². The SMILES string of the molecule is CCCc1cc(NCC)c2c(Cl)ccc(C)c2n1. The van der Waals surface area contributed by atoms with Gasteiger partial charge in [0, 0.05) is 23.3 Å². The van der Waals surface area contributed by atoms with E-state index in [1.165, 1.54) is 5.56 Å². The van der Waals surface area contributed by atoms with Crippen LogP contribution < -0.4 is 5.32 Å². The van der Waals surface area contributed by atoms with E-state index in [0.717, 1.165) is 46.7 Å². The van der Waals surface area contributed by atoms with Crippen LogP contribution in [0.15, 0.2) is 18.2 Å². The predicted molar refractivity (Wildman–Crippen MR) is 79.6 cm³/mol. The van der Waals surface area contributed by atoms with Crippen molar-refractivity contribution in [3.63, 3.8) is 0 Å². The number of anilines is 1. The lowest BCUT2D eigenvalue weighted by Crippen LogP contribution is -2.02. The molecule has 0 saturated carbocycles. The van der Waals surface area contributed by atoms with E-state index in [2.05, 4.69) is 32.2 Å². The summed E-state index contributed by atoms with van der Waals surface area (Å²) in [7, 11) is 0. The van der Waals surface area contributed by atoms with E-state index >= 15 is 0 Å². The van der Waals surface area contributed by atoms with Crippen LogP contribution >= 0.6 is 11.6 Å². The van der Waals surface area contributed by atoms with Gasteiger partial charge in [0.15, 0.2) is 0 Å². The summed E-state index contributed by atoms with van der Waals surface area (Å²) in [5.74, 6) is 0. The standard InChI is InChI=1S/C15H19ClN2/c1-4-6-11-9-13(17-5-2)14-12(16)8-7-10(3)15(14)18-11/h7-9H,4-6H2,1-3H3,(H,17,18). The van der Waals surface area contributed by atoms with Crippen LogP contribution in [0.5, 0.6) is 0 Å². The number of hydrogen-bond donors (Lipinski definition) is 1. The number of nitrogens with one attached hydrogen (secondary N) is 1. The van der Waals surface area contributed by atoms with Crippen LogP contribution in [-0.2, 0) is 6.42 Å². The van der Waals surface area contributed by atoms with E-state index in [-0.39, 0.29) is 0 Å². The molecule has 0 aliphatic carbocycles. The van der Waals surface area contributed by atoms with Crippen molar-refractivity contribution in [3.8, 4) is 0 Å². The molecule has 2 rings (SSSR count). The summed E-state index contributed by atoms with van der Waals surface area (Å²) in [5.41, 5.74) is 4.42. The van der Waals surface area contributed by atoms with Gasteiger partial charge in [-0.25, -0.2) is 0 Å². The van der Waals surface area contributed by atoms with E-state index < -0.39 is 0 Å². The molecule has 0 saturated heterocycles. The zero-order valence-electron chi connectivity index (χ0n) is 11.2. The van der Waals surface area contributed by atoms with Gasteiger partial charge in [-0.05, 0) is 38.0 Å². The maximum atomic E-state index is 6.32. The number of fused-ring (bicyclic) bond motifs is 1. The van der Waals surface area contributed by atoms with Crippen molar-refractivity contribution in [3.05, 3.63) is 34.5 Å². The van der Waals surface area contributed by atoms with Crippen LogP contribution in [0.25, 0.3) is 10.9 Å². The Bertz CT molecular complexity index is 564. The average Bonchev–Trinajstić information content (AvgIpc) is 2.34. The third kappa shape index (κ3) is 2.44. The van der Waals surface area contributed by atoms with Crippen LogP contribution in [0, 0.1) is 6.92 Å². The Kier molecular flexibility index (Phi) is 4.07. The first-order chi connectivity index (χ1) is 8.67. The summed E-state index contributed by atoms with van der Waals surface area (Å²) in [6, 6.07) is 6.10. The summed E-state index contributed by atoms with van der Waals surface area (Å²) < 4.78 is 0. The van der Waals surface area contributed by atoms with Crippen molar-refractivity contribution in [2.75, 3.05) is 11.9 Å². The molecule has 0 unspecified atom stereocenters. The third-order valence-electron chi connectivity index (χ3n) is 3.04. The van der Waals surface area contributed by atoms with Crippen LogP contribution in [0.4, 0.5) is 5.69 Å². The fraction of sp³-hybridized carbons (Fsp3) is 0.400. The van der Waals surface area contributed by atoms with Gasteiger partial charge in [-0.2, -0.15) is 0 Å². The Morgan fingerprint density at radius 2 is 2.06 bits per heavy atom. The molecule has 0 atom stereocenters. The van der Waals surface area contributed by atoms with E-state index in [4.69, 9.17) is 16.6 Å². The molecule has 1 N–H and O–H groups in total. The zero-order chi connectivity index (χ0) is 13.1. The van der Waals surface area contributed by atoms with Crippen molar-refractivity contribution in [2.45, 2.75) is 33.6 Å². The lowest BCUT2D eigenvalue weighted by molar-refractivity contribution is 0.889. The highest BCUT2D eigenvalue weighted by molar-refractivity contribution is 6.36. The molecule has 1 heterocycles. The summed E-state index contributed by atoms with van der Waals surface area (Å²) in [6.45, 7) is 7.23. The van der Waals surface area contributed by atoms with Gasteiger partial charge in [0.05, 0.1) is 10.5 Å². The second-order valence-electron chi connectivity index (χ2n) is 4.53. The molecule has 0 aliphatic rings. The van der Waals surface area contributed by atoms with Crippen LogP contribution in [0.1, 0.15) is 31.5 Å². The minimum Gasteiger partial charge on any atom is -0.385 e. The molecule has 3 heteroatoms. The highest BCUT2D eigenvalue weighted by Crippen LogP contribution is 2.32. The molecular weight excluding hydrogens is 244 g/mol. The van der Waals surface area contributed by atoms with Gasteiger partial charge in [0.1, 0.15) is 0 Å². The molecule has 0 spiro atoms. The smallest absolute Gasteiger partial charge is 0.0770 e. The Labute approximate surface area is 113 Å². The molecule has 0 radical (unpaired) electrons. The first-order valence-electron chi connectivity index (χ1n) is 6.50. The Morgan fingerprint density at radius 1 is 1.28 bits per heavy atom. The molecule has 0 bridgehead atoms. The molecule has 1 aromatic heterocycles. The van der Waals surface area contributed by atoms with Crippen LogP contribution in [-0.4, -0.2) is 11.5 Å². The molecule has 2 nitrogen and oxygen atoms in total. The van der Waals surface area contributed by atoms with Crippen molar-refractivity contribution >= 4 is 28.2 Å². The topological polar surface area (TPSA) is 24.9 Å². The van der Waals surface area contributed by atoms with E-state index in [1.807, 2.05) is 12.1 Å². The minimum atomic E-state index is 0.766. The highest BCUT2D eigenvalue weighted by atomic mass is 35.5. The van der Waals surface area contributed by atoms with Crippen molar-refractivity contribution in [1.82, 2.24) is 4.98 Å². The Hall–Kier alpha value is -1.28. The van der Waals surface area contributed by atoms with Gasteiger partial charge < -0.3 is 5.32 Å². The van der Waals surface area contributed by atoms with Gasteiger partial charge >= 0.3 is 0 Å². The predicted octanol–water partition coefficient (Wildman–Crippen LogP) is 4.58. The maximum Gasteiger partial charge on any atom is 0.0770 e. The van der Waals surface area contributed by atoms with E-state index in [9.17, 15) is 0 Å². The summed E-state index contributed by atoms with van der Waals surface area (Å²) in [6.07, 6.45) is 2.10. The summed E-state index contributed by atoms with van der Waals surface area (Å²) in [4.78, 5) is 4.74. The Morgan fingerprint density at radius 3 is 2.72 bits per heavy atom. The van der Waals surface area contributed by atoms with Crippen molar-refractivity contribution in [1.29, 1.82) is 0 Å². The number of hydrogen-bond acceptors (Lipinski definition) is 2. The molecule has 18 heavy (non-hydrogen) atoms. The van der Waals surface area contributed by atoms with Gasteiger partial charge in [-0.15, -0.1) is 0 Å². The molecule has 0 aliphatic heterocycles. The van der Waals surface area contributed by atoms with Gasteiger partial charge in [-0.1, -0.05) is 31.0 Å². The molecule has 0 amide bonds. The number of benzene rings is 1.